The lowest BCUT2D eigenvalue weighted by Crippen LogP contribution is -2.44. The summed E-state index contributed by atoms with van der Waals surface area (Å²) < 4.78 is 5.82. The van der Waals surface area contributed by atoms with Gasteiger partial charge in [0, 0.05) is 0 Å². The molecule has 108 valence electrons. The second-order valence-corrected chi connectivity index (χ2v) is 5.45. The van der Waals surface area contributed by atoms with E-state index in [-0.39, 0.29) is 5.78 Å². The number of nitrogens with two attached hydrogens (primary N) is 1. The first-order valence-electron chi connectivity index (χ1n) is 7.32. The number of hydrogen-bond acceptors (Lipinski definition) is 3. The third-order valence-corrected chi connectivity index (χ3v) is 3.90. The molecule has 1 aliphatic heterocycles. The van der Waals surface area contributed by atoms with Gasteiger partial charge in [-0.05, 0) is 36.5 Å². The molecule has 2 aromatic carbocycles. The van der Waals surface area contributed by atoms with Gasteiger partial charge in [-0.15, -0.1) is 0 Å². The van der Waals surface area contributed by atoms with Crippen LogP contribution in [0.15, 0.2) is 54.6 Å². The van der Waals surface area contributed by atoms with Crippen molar-refractivity contribution in [1.29, 1.82) is 0 Å². The summed E-state index contributed by atoms with van der Waals surface area (Å²) in [4.78, 5) is 12.5. The molecule has 2 aromatic rings. The van der Waals surface area contributed by atoms with Gasteiger partial charge >= 0.3 is 0 Å². The van der Waals surface area contributed by atoms with Crippen molar-refractivity contribution in [2.45, 2.75) is 31.4 Å². The number of fused-ring (bicyclic) bond motifs is 1. The van der Waals surface area contributed by atoms with Crippen LogP contribution in [0.25, 0.3) is 0 Å². The molecule has 0 amide bonds. The number of carbonyl (C=O) groups excluding carboxylic acids is 1. The van der Waals surface area contributed by atoms with Crippen LogP contribution in [0, 0.1) is 0 Å². The van der Waals surface area contributed by atoms with Crippen molar-refractivity contribution >= 4 is 5.78 Å². The van der Waals surface area contributed by atoms with Gasteiger partial charge in [-0.3, -0.25) is 4.79 Å². The van der Waals surface area contributed by atoms with E-state index in [0.29, 0.717) is 12.8 Å². The molecule has 0 fully saturated rings. The molecule has 3 heteroatoms. The zero-order valence-electron chi connectivity index (χ0n) is 11.9. The highest BCUT2D eigenvalue weighted by Crippen LogP contribution is 2.27. The van der Waals surface area contributed by atoms with Crippen LogP contribution >= 0.6 is 0 Å². The van der Waals surface area contributed by atoms with Gasteiger partial charge < -0.3 is 10.5 Å². The van der Waals surface area contributed by atoms with Crippen molar-refractivity contribution in [2.24, 2.45) is 5.73 Å². The Bertz CT molecular complexity index is 624. The number of carbonyl (C=O) groups is 1. The Hall–Kier alpha value is -2.13. The van der Waals surface area contributed by atoms with Crippen LogP contribution in [-0.4, -0.2) is 17.9 Å². The predicted molar refractivity (Wildman–Crippen MR) is 82.3 cm³/mol. The number of Topliss-reactive ketones (excluding diaryl/α,β-unsaturated/α-hetero) is 1. The number of benzene rings is 2. The molecule has 2 atom stereocenters. The Morgan fingerprint density at radius 2 is 1.86 bits per heavy atom. The molecule has 21 heavy (non-hydrogen) atoms. The Kier molecular flexibility index (Phi) is 4.02. The minimum absolute atomic E-state index is 0.00615. The second kappa shape index (κ2) is 6.10. The smallest absolute Gasteiger partial charge is 0.190 e. The SMILES string of the molecule is NC(Cc1ccccc1)C(=O)C1CCc2ccccc2O1. The van der Waals surface area contributed by atoms with Crippen LogP contribution in [0.3, 0.4) is 0 Å². The monoisotopic (exact) mass is 281 g/mol. The molecule has 0 radical (unpaired) electrons. The maximum atomic E-state index is 12.5. The van der Waals surface area contributed by atoms with Gasteiger partial charge in [-0.1, -0.05) is 48.5 Å². The summed E-state index contributed by atoms with van der Waals surface area (Å²) in [6.07, 6.45) is 1.71. The van der Waals surface area contributed by atoms with Crippen LogP contribution in [0.1, 0.15) is 17.5 Å². The molecule has 0 aromatic heterocycles. The van der Waals surface area contributed by atoms with Crippen molar-refractivity contribution in [3.63, 3.8) is 0 Å². The predicted octanol–water partition coefficient (Wildman–Crippen LogP) is 2.52. The first-order chi connectivity index (χ1) is 10.2. The summed E-state index contributed by atoms with van der Waals surface area (Å²) in [6, 6.07) is 17.2. The quantitative estimate of drug-likeness (QED) is 0.937. The Balaban J connectivity index is 1.66. The lowest BCUT2D eigenvalue weighted by molar-refractivity contribution is -0.127. The van der Waals surface area contributed by atoms with Crippen LogP contribution in [0.2, 0.25) is 0 Å². The number of rotatable bonds is 4. The van der Waals surface area contributed by atoms with E-state index in [1.165, 1.54) is 0 Å². The first kappa shape index (κ1) is 13.8. The number of para-hydroxylation sites is 1. The molecule has 0 saturated heterocycles. The molecule has 0 aliphatic carbocycles. The Morgan fingerprint density at radius 1 is 1.14 bits per heavy atom. The van der Waals surface area contributed by atoms with E-state index in [2.05, 4.69) is 0 Å². The molecule has 2 N–H and O–H groups in total. The molecule has 0 spiro atoms. The van der Waals surface area contributed by atoms with Gasteiger partial charge in [0.05, 0.1) is 6.04 Å². The van der Waals surface area contributed by atoms with Gasteiger partial charge in [0.1, 0.15) is 5.75 Å². The van der Waals surface area contributed by atoms with Gasteiger partial charge in [0.2, 0.25) is 0 Å². The van der Waals surface area contributed by atoms with E-state index < -0.39 is 12.1 Å². The Morgan fingerprint density at radius 3 is 2.67 bits per heavy atom. The first-order valence-corrected chi connectivity index (χ1v) is 7.32. The maximum Gasteiger partial charge on any atom is 0.190 e. The highest BCUT2D eigenvalue weighted by molar-refractivity contribution is 5.88. The molecule has 3 rings (SSSR count). The number of ketones is 1. The minimum Gasteiger partial charge on any atom is -0.482 e. The van der Waals surface area contributed by atoms with Crippen molar-refractivity contribution in [3.8, 4) is 5.75 Å². The normalized spacial score (nSPS) is 18.4. The molecule has 3 nitrogen and oxygen atoms in total. The second-order valence-electron chi connectivity index (χ2n) is 5.45. The summed E-state index contributed by atoms with van der Waals surface area (Å²) in [5.74, 6) is 0.808. The maximum absolute atomic E-state index is 12.5. The lowest BCUT2D eigenvalue weighted by Gasteiger charge is -2.26. The van der Waals surface area contributed by atoms with Crippen LogP contribution in [0.4, 0.5) is 0 Å². The van der Waals surface area contributed by atoms with Gasteiger partial charge in [0.15, 0.2) is 11.9 Å². The minimum atomic E-state index is -0.511. The van der Waals surface area contributed by atoms with Crippen LogP contribution in [-0.2, 0) is 17.6 Å². The van der Waals surface area contributed by atoms with E-state index in [1.54, 1.807) is 0 Å². The summed E-state index contributed by atoms with van der Waals surface area (Å²) >= 11 is 0. The highest BCUT2D eigenvalue weighted by atomic mass is 16.5. The number of aryl methyl sites for hydroxylation is 1. The molecule has 0 bridgehead atoms. The third-order valence-electron chi connectivity index (χ3n) is 3.90. The van der Waals surface area contributed by atoms with Crippen molar-refractivity contribution in [2.75, 3.05) is 0 Å². The van der Waals surface area contributed by atoms with E-state index in [4.69, 9.17) is 10.5 Å². The topological polar surface area (TPSA) is 52.3 Å². The van der Waals surface area contributed by atoms with E-state index in [9.17, 15) is 4.79 Å². The van der Waals surface area contributed by atoms with Crippen LogP contribution < -0.4 is 10.5 Å². The van der Waals surface area contributed by atoms with E-state index in [1.807, 2.05) is 54.6 Å². The fourth-order valence-corrected chi connectivity index (χ4v) is 2.73. The summed E-state index contributed by atoms with van der Waals surface area (Å²) in [5, 5.41) is 0. The fraction of sp³-hybridized carbons (Fsp3) is 0.278. The lowest BCUT2D eigenvalue weighted by atomic mass is 9.94. The summed E-state index contributed by atoms with van der Waals surface area (Å²) in [6.45, 7) is 0. The molecule has 1 aliphatic rings. The molecule has 0 saturated carbocycles. The molecule has 2 unspecified atom stereocenters. The van der Waals surface area contributed by atoms with Crippen LogP contribution in [0.5, 0.6) is 5.75 Å². The zero-order valence-corrected chi connectivity index (χ0v) is 11.9. The standard InChI is InChI=1S/C18H19NO2/c19-15(12-13-6-2-1-3-7-13)18(20)17-11-10-14-8-4-5-9-16(14)21-17/h1-9,15,17H,10-12,19H2. The van der Waals surface area contributed by atoms with Gasteiger partial charge in [0.25, 0.3) is 0 Å². The summed E-state index contributed by atoms with van der Waals surface area (Å²) in [5.41, 5.74) is 8.31. The Labute approximate surface area is 124 Å². The fourth-order valence-electron chi connectivity index (χ4n) is 2.73. The molecular formula is C18H19NO2. The largest absolute Gasteiger partial charge is 0.482 e. The van der Waals surface area contributed by atoms with Crippen molar-refractivity contribution in [1.82, 2.24) is 0 Å². The number of ether oxygens (including phenoxy) is 1. The van der Waals surface area contributed by atoms with Gasteiger partial charge in [-0.2, -0.15) is 0 Å². The third kappa shape index (κ3) is 3.14. The average Bonchev–Trinajstić information content (AvgIpc) is 2.54. The van der Waals surface area contributed by atoms with Gasteiger partial charge in [-0.25, -0.2) is 0 Å². The van der Waals surface area contributed by atoms with E-state index >= 15 is 0 Å². The zero-order chi connectivity index (χ0) is 14.7. The molecule has 1 heterocycles. The number of hydrogen-bond donors (Lipinski definition) is 1. The molecular weight excluding hydrogens is 262 g/mol. The van der Waals surface area contributed by atoms with Crippen molar-refractivity contribution < 1.29 is 9.53 Å². The van der Waals surface area contributed by atoms with E-state index in [0.717, 1.165) is 23.3 Å². The summed E-state index contributed by atoms with van der Waals surface area (Å²) in [7, 11) is 0. The van der Waals surface area contributed by atoms with Crippen molar-refractivity contribution in [3.05, 3.63) is 65.7 Å². The highest BCUT2D eigenvalue weighted by Gasteiger charge is 2.29. The average molecular weight is 281 g/mol.